The first-order chi connectivity index (χ1) is 9.15. The first-order valence-corrected chi connectivity index (χ1v) is 5.78. The Bertz CT molecular complexity index is 685. The van der Waals surface area contributed by atoms with Gasteiger partial charge in [-0.1, -0.05) is 6.07 Å². The predicted molar refractivity (Wildman–Crippen MR) is 69.5 cm³/mol. The van der Waals surface area contributed by atoms with Crippen molar-refractivity contribution in [3.8, 4) is 0 Å². The van der Waals surface area contributed by atoms with Crippen LogP contribution in [0, 0.1) is 0 Å². The summed E-state index contributed by atoms with van der Waals surface area (Å²) in [6.07, 6.45) is 1.86. The molecule has 0 unspecified atom stereocenters. The Morgan fingerprint density at radius 2 is 2.16 bits per heavy atom. The van der Waals surface area contributed by atoms with Gasteiger partial charge in [0.15, 0.2) is 0 Å². The molecule has 1 aromatic carbocycles. The van der Waals surface area contributed by atoms with Crippen LogP contribution in [-0.2, 0) is 4.79 Å². The van der Waals surface area contributed by atoms with Gasteiger partial charge in [-0.25, -0.2) is 14.8 Å². The van der Waals surface area contributed by atoms with Crippen molar-refractivity contribution < 1.29 is 9.59 Å². The van der Waals surface area contributed by atoms with Crippen molar-refractivity contribution in [1.82, 2.24) is 15.3 Å². The number of anilines is 2. The number of aromatic nitrogens is 2. The number of nitrogen functional groups attached to an aromatic ring is 1. The summed E-state index contributed by atoms with van der Waals surface area (Å²) in [5, 5.41) is 3.01. The minimum atomic E-state index is -0.430. The van der Waals surface area contributed by atoms with Crippen molar-refractivity contribution in [2.24, 2.45) is 0 Å². The number of carbonyl (C=O) groups excluding carboxylic acids is 2. The van der Waals surface area contributed by atoms with Crippen molar-refractivity contribution in [3.05, 3.63) is 24.4 Å². The largest absolute Gasteiger partial charge is 0.368 e. The number of benzene rings is 1. The van der Waals surface area contributed by atoms with Crippen molar-refractivity contribution in [2.45, 2.75) is 6.42 Å². The normalized spacial score (nSPS) is 15.7. The Balaban J connectivity index is 2.10. The van der Waals surface area contributed by atoms with Crippen LogP contribution in [-0.4, -0.2) is 28.5 Å². The summed E-state index contributed by atoms with van der Waals surface area (Å²) in [5.41, 5.74) is 6.87. The second-order valence-electron chi connectivity index (χ2n) is 4.19. The molecule has 2 aromatic rings. The van der Waals surface area contributed by atoms with Crippen LogP contribution in [0.3, 0.4) is 0 Å². The number of nitrogens with one attached hydrogen (secondary N) is 1. The number of hydrogen-bond donors (Lipinski definition) is 2. The number of nitrogens with two attached hydrogens (primary N) is 1. The molecule has 1 saturated heterocycles. The first-order valence-electron chi connectivity index (χ1n) is 5.78. The van der Waals surface area contributed by atoms with Gasteiger partial charge in [0.25, 0.3) is 0 Å². The standard InChI is InChI=1S/C12H11N5O2/c13-11-14-6-7-8(15-11)2-1-3-9(7)17-5-4-10(18)16-12(17)19/h1-3,6H,4-5H2,(H2,13,14,15)(H,16,18,19). The average molecular weight is 257 g/mol. The van der Waals surface area contributed by atoms with Crippen molar-refractivity contribution in [3.63, 3.8) is 0 Å². The minimum absolute atomic E-state index is 0.183. The molecule has 3 N–H and O–H groups in total. The van der Waals surface area contributed by atoms with Crippen LogP contribution in [0.25, 0.3) is 10.9 Å². The van der Waals surface area contributed by atoms with Gasteiger partial charge in [-0.3, -0.25) is 15.0 Å². The molecule has 0 atom stereocenters. The molecule has 96 valence electrons. The Kier molecular flexibility index (Phi) is 2.52. The third-order valence-electron chi connectivity index (χ3n) is 2.97. The third kappa shape index (κ3) is 1.95. The Morgan fingerprint density at radius 1 is 1.32 bits per heavy atom. The first kappa shape index (κ1) is 11.4. The van der Waals surface area contributed by atoms with E-state index in [-0.39, 0.29) is 18.3 Å². The highest BCUT2D eigenvalue weighted by atomic mass is 16.2. The average Bonchev–Trinajstić information content (AvgIpc) is 2.38. The van der Waals surface area contributed by atoms with E-state index in [4.69, 9.17) is 5.73 Å². The highest BCUT2D eigenvalue weighted by Gasteiger charge is 2.25. The van der Waals surface area contributed by atoms with Crippen LogP contribution in [0.5, 0.6) is 0 Å². The topological polar surface area (TPSA) is 101 Å². The molecule has 3 amide bonds. The molecule has 0 radical (unpaired) electrons. The number of fused-ring (bicyclic) bond motifs is 1. The van der Waals surface area contributed by atoms with Gasteiger partial charge in [-0.2, -0.15) is 0 Å². The summed E-state index contributed by atoms with van der Waals surface area (Å²) in [5.74, 6) is -0.0788. The molecule has 1 aliphatic heterocycles. The van der Waals surface area contributed by atoms with Gasteiger partial charge in [0.05, 0.1) is 11.2 Å². The van der Waals surface area contributed by atoms with Crippen LogP contribution in [0.1, 0.15) is 6.42 Å². The monoisotopic (exact) mass is 257 g/mol. The van der Waals surface area contributed by atoms with Crippen molar-refractivity contribution >= 4 is 34.5 Å². The van der Waals surface area contributed by atoms with Gasteiger partial charge < -0.3 is 5.73 Å². The summed E-state index contributed by atoms with van der Waals surface area (Å²) in [7, 11) is 0. The van der Waals surface area contributed by atoms with E-state index in [9.17, 15) is 9.59 Å². The van der Waals surface area contributed by atoms with Crippen LogP contribution in [0.2, 0.25) is 0 Å². The van der Waals surface area contributed by atoms with Gasteiger partial charge in [-0.15, -0.1) is 0 Å². The second kappa shape index (κ2) is 4.20. The number of urea groups is 1. The van der Waals surface area contributed by atoms with E-state index in [1.165, 1.54) is 4.90 Å². The summed E-state index contributed by atoms with van der Waals surface area (Å²) in [4.78, 5) is 32.6. The van der Waals surface area contributed by atoms with Crippen LogP contribution < -0.4 is 16.0 Å². The summed E-state index contributed by atoms with van der Waals surface area (Å²) in [6, 6.07) is 4.94. The lowest BCUT2D eigenvalue weighted by molar-refractivity contribution is -0.120. The number of carbonyl (C=O) groups is 2. The second-order valence-corrected chi connectivity index (χ2v) is 4.19. The van der Waals surface area contributed by atoms with Crippen molar-refractivity contribution in [2.75, 3.05) is 17.2 Å². The smallest absolute Gasteiger partial charge is 0.328 e. The molecule has 0 bridgehead atoms. The maximum Gasteiger partial charge on any atom is 0.328 e. The lowest BCUT2D eigenvalue weighted by Crippen LogP contribution is -2.49. The van der Waals surface area contributed by atoms with E-state index in [1.807, 2.05) is 0 Å². The lowest BCUT2D eigenvalue weighted by Gasteiger charge is -2.27. The molecule has 7 nitrogen and oxygen atoms in total. The summed E-state index contributed by atoms with van der Waals surface area (Å²) >= 11 is 0. The fraction of sp³-hybridized carbons (Fsp3) is 0.167. The van der Waals surface area contributed by atoms with Crippen LogP contribution in [0.15, 0.2) is 24.4 Å². The van der Waals surface area contributed by atoms with Crippen LogP contribution >= 0.6 is 0 Å². The third-order valence-corrected chi connectivity index (χ3v) is 2.97. The molecule has 2 heterocycles. The fourth-order valence-corrected chi connectivity index (χ4v) is 2.08. The molecule has 1 fully saturated rings. The van der Waals surface area contributed by atoms with Gasteiger partial charge in [-0.05, 0) is 12.1 Å². The van der Waals surface area contributed by atoms with Gasteiger partial charge >= 0.3 is 6.03 Å². The number of nitrogens with zero attached hydrogens (tertiary/aromatic N) is 3. The van der Waals surface area contributed by atoms with Gasteiger partial charge in [0.2, 0.25) is 11.9 Å². The highest BCUT2D eigenvalue weighted by molar-refractivity contribution is 6.09. The SMILES string of the molecule is Nc1ncc2c(N3CCC(=O)NC3=O)cccc2n1. The molecular formula is C12H11N5O2. The van der Waals surface area contributed by atoms with Gasteiger partial charge in [0, 0.05) is 24.5 Å². The molecule has 0 saturated carbocycles. The lowest BCUT2D eigenvalue weighted by atomic mass is 10.1. The van der Waals surface area contributed by atoms with E-state index >= 15 is 0 Å². The maximum absolute atomic E-state index is 11.8. The molecule has 19 heavy (non-hydrogen) atoms. The number of imide groups is 1. The highest BCUT2D eigenvalue weighted by Crippen LogP contribution is 2.26. The molecule has 0 aliphatic carbocycles. The molecular weight excluding hydrogens is 246 g/mol. The summed E-state index contributed by atoms with van der Waals surface area (Å²) < 4.78 is 0. The van der Waals surface area contributed by atoms with E-state index in [0.29, 0.717) is 17.7 Å². The minimum Gasteiger partial charge on any atom is -0.368 e. The van der Waals surface area contributed by atoms with E-state index < -0.39 is 6.03 Å². The molecule has 0 spiro atoms. The van der Waals surface area contributed by atoms with Crippen LogP contribution in [0.4, 0.5) is 16.4 Å². The zero-order valence-electron chi connectivity index (χ0n) is 9.96. The van der Waals surface area contributed by atoms with E-state index in [0.717, 1.165) is 5.39 Å². The van der Waals surface area contributed by atoms with E-state index in [1.54, 1.807) is 24.4 Å². The van der Waals surface area contributed by atoms with Gasteiger partial charge in [0.1, 0.15) is 0 Å². The zero-order valence-corrected chi connectivity index (χ0v) is 9.96. The fourth-order valence-electron chi connectivity index (χ4n) is 2.08. The van der Waals surface area contributed by atoms with E-state index in [2.05, 4.69) is 15.3 Å². The number of amides is 3. The Hall–Kier alpha value is -2.70. The molecule has 7 heteroatoms. The molecule has 1 aliphatic rings. The molecule has 1 aromatic heterocycles. The number of rotatable bonds is 1. The maximum atomic E-state index is 11.8. The predicted octanol–water partition coefficient (Wildman–Crippen LogP) is 0.658. The zero-order chi connectivity index (χ0) is 13.4. The Labute approximate surface area is 108 Å². The van der Waals surface area contributed by atoms with Crippen molar-refractivity contribution in [1.29, 1.82) is 0 Å². The molecule has 3 rings (SSSR count). The summed E-state index contributed by atoms with van der Waals surface area (Å²) in [6.45, 7) is 0.341. The Morgan fingerprint density at radius 3 is 2.95 bits per heavy atom. The number of hydrogen-bond acceptors (Lipinski definition) is 5. The quantitative estimate of drug-likeness (QED) is 0.781.